The highest BCUT2D eigenvalue weighted by Gasteiger charge is 2.35. The van der Waals surface area contributed by atoms with Crippen molar-refractivity contribution >= 4 is 33.2 Å². The van der Waals surface area contributed by atoms with Crippen LogP contribution in [-0.2, 0) is 26.0 Å². The molecule has 0 unspecified atom stereocenters. The van der Waals surface area contributed by atoms with Crippen LogP contribution in [0.3, 0.4) is 0 Å². The first-order valence-corrected chi connectivity index (χ1v) is 12.6. The van der Waals surface area contributed by atoms with E-state index >= 15 is 0 Å². The van der Waals surface area contributed by atoms with Gasteiger partial charge in [-0.3, -0.25) is 9.59 Å². The van der Waals surface area contributed by atoms with Crippen molar-refractivity contribution in [1.82, 2.24) is 4.31 Å². The number of aryl methyl sites for hydroxylation is 2. The minimum Gasteiger partial charge on any atom is -0.479 e. The molecule has 0 spiro atoms. The number of sulfonamides is 1. The Morgan fingerprint density at radius 2 is 2.06 bits per heavy atom. The Morgan fingerprint density at radius 1 is 1.27 bits per heavy atom. The molecule has 4 rings (SSSR count). The maximum Gasteiger partial charge on any atom is 0.265 e. The molecule has 2 amide bonds. The van der Waals surface area contributed by atoms with Crippen LogP contribution >= 0.6 is 0 Å². The van der Waals surface area contributed by atoms with Crippen LogP contribution in [0.25, 0.3) is 0 Å². The number of carbonyl (C=O) groups excluding carboxylic acids is 2. The molecule has 0 radical (unpaired) electrons. The predicted octanol–water partition coefficient (Wildman–Crippen LogP) is 3.32. The molecule has 0 aliphatic carbocycles. The number of rotatable bonds is 5. The van der Waals surface area contributed by atoms with E-state index in [9.17, 15) is 18.0 Å². The maximum absolute atomic E-state index is 13.5. The average Bonchev–Trinajstić information content (AvgIpc) is 2.80. The number of piperidine rings is 1. The average molecular weight is 472 g/mol. The van der Waals surface area contributed by atoms with Gasteiger partial charge in [0, 0.05) is 24.8 Å². The lowest BCUT2D eigenvalue weighted by atomic mass is 9.98. The molecule has 2 N–H and O–H groups in total. The smallest absolute Gasteiger partial charge is 0.265 e. The lowest BCUT2D eigenvalue weighted by Crippen LogP contribution is -2.44. The summed E-state index contributed by atoms with van der Waals surface area (Å²) in [5.41, 5.74) is 2.81. The van der Waals surface area contributed by atoms with Crippen LogP contribution in [0.5, 0.6) is 5.75 Å². The topological polar surface area (TPSA) is 105 Å². The molecule has 2 aliphatic rings. The van der Waals surface area contributed by atoms with E-state index in [2.05, 4.69) is 10.6 Å². The SMILES string of the molecule is CCc1cccc(NC(=O)[C@H]2CCCN(S(=O)(=O)c3cc4c(cc3C)NC(=O)[C@@H](C)O4)C2)c1. The molecule has 176 valence electrons. The quantitative estimate of drug-likeness (QED) is 0.696. The van der Waals surface area contributed by atoms with E-state index in [4.69, 9.17) is 4.74 Å². The Balaban J connectivity index is 1.53. The van der Waals surface area contributed by atoms with Crippen LogP contribution in [0.2, 0.25) is 0 Å². The van der Waals surface area contributed by atoms with E-state index in [0.29, 0.717) is 36.4 Å². The first-order chi connectivity index (χ1) is 15.7. The molecule has 0 aromatic heterocycles. The Morgan fingerprint density at radius 3 is 2.82 bits per heavy atom. The molecule has 2 atom stereocenters. The highest BCUT2D eigenvalue weighted by Crippen LogP contribution is 2.36. The van der Waals surface area contributed by atoms with Crippen LogP contribution in [0.1, 0.15) is 37.8 Å². The number of hydrogen-bond acceptors (Lipinski definition) is 5. The molecule has 0 saturated carbocycles. The Labute approximate surface area is 194 Å². The van der Waals surface area contributed by atoms with Crippen LogP contribution in [-0.4, -0.2) is 43.7 Å². The minimum atomic E-state index is -3.85. The van der Waals surface area contributed by atoms with E-state index in [1.54, 1.807) is 19.9 Å². The molecule has 2 aromatic rings. The van der Waals surface area contributed by atoms with Crippen molar-refractivity contribution in [3.8, 4) is 5.75 Å². The molecular weight excluding hydrogens is 442 g/mol. The molecule has 1 saturated heterocycles. The lowest BCUT2D eigenvalue weighted by Gasteiger charge is -2.32. The summed E-state index contributed by atoms with van der Waals surface area (Å²) in [6, 6.07) is 10.8. The molecular formula is C24H29N3O5S. The predicted molar refractivity (Wildman–Crippen MR) is 126 cm³/mol. The maximum atomic E-state index is 13.5. The van der Waals surface area contributed by atoms with Gasteiger partial charge in [-0.05, 0) is 62.4 Å². The molecule has 2 aromatic carbocycles. The molecule has 2 aliphatic heterocycles. The Bertz CT molecular complexity index is 1190. The summed E-state index contributed by atoms with van der Waals surface area (Å²) in [5.74, 6) is -0.558. The lowest BCUT2D eigenvalue weighted by molar-refractivity contribution is -0.123. The minimum absolute atomic E-state index is 0.117. The molecule has 33 heavy (non-hydrogen) atoms. The number of benzene rings is 2. The number of ether oxygens (including phenoxy) is 1. The van der Waals surface area contributed by atoms with Crippen LogP contribution in [0, 0.1) is 12.8 Å². The standard InChI is InChI=1S/C24H29N3O5S/c1-4-17-7-5-9-19(12-17)25-24(29)18-8-6-10-27(14-18)33(30,31)22-13-21-20(11-15(22)2)26-23(28)16(3)32-21/h5,7,9,11-13,16,18H,4,6,8,10,14H2,1-3H3,(H,25,29)(H,26,28)/t16-,18+/m1/s1. The molecule has 0 bridgehead atoms. The zero-order chi connectivity index (χ0) is 23.8. The number of nitrogens with zero attached hydrogens (tertiary/aromatic N) is 1. The second-order valence-electron chi connectivity index (χ2n) is 8.61. The van der Waals surface area contributed by atoms with Crippen LogP contribution in [0.4, 0.5) is 11.4 Å². The summed E-state index contributed by atoms with van der Waals surface area (Å²) in [4.78, 5) is 24.9. The van der Waals surface area contributed by atoms with Gasteiger partial charge >= 0.3 is 0 Å². The first kappa shape index (κ1) is 23.3. The third-order valence-electron chi connectivity index (χ3n) is 6.18. The summed E-state index contributed by atoms with van der Waals surface area (Å²) in [7, 11) is -3.85. The van der Waals surface area contributed by atoms with Crippen molar-refractivity contribution in [2.24, 2.45) is 5.92 Å². The third-order valence-corrected chi connectivity index (χ3v) is 8.19. The monoisotopic (exact) mass is 471 g/mol. The van der Waals surface area contributed by atoms with Crippen molar-refractivity contribution in [3.63, 3.8) is 0 Å². The molecule has 2 heterocycles. The van der Waals surface area contributed by atoms with Gasteiger partial charge in [-0.1, -0.05) is 19.1 Å². The second-order valence-corrected chi connectivity index (χ2v) is 10.5. The third kappa shape index (κ3) is 4.74. The van der Waals surface area contributed by atoms with E-state index in [0.717, 1.165) is 17.7 Å². The van der Waals surface area contributed by atoms with Gasteiger partial charge in [-0.15, -0.1) is 0 Å². The Hall–Kier alpha value is -2.91. The largest absolute Gasteiger partial charge is 0.479 e. The zero-order valence-corrected chi connectivity index (χ0v) is 19.9. The summed E-state index contributed by atoms with van der Waals surface area (Å²) in [6.45, 7) is 5.81. The van der Waals surface area contributed by atoms with Gasteiger partial charge < -0.3 is 15.4 Å². The summed E-state index contributed by atoms with van der Waals surface area (Å²) >= 11 is 0. The van der Waals surface area contributed by atoms with Crippen molar-refractivity contribution in [1.29, 1.82) is 0 Å². The van der Waals surface area contributed by atoms with Gasteiger partial charge in [-0.2, -0.15) is 4.31 Å². The van der Waals surface area contributed by atoms with Crippen LogP contribution < -0.4 is 15.4 Å². The highest BCUT2D eigenvalue weighted by atomic mass is 32.2. The number of nitrogens with one attached hydrogen (secondary N) is 2. The van der Waals surface area contributed by atoms with Gasteiger partial charge in [0.1, 0.15) is 5.75 Å². The van der Waals surface area contributed by atoms with E-state index in [1.807, 2.05) is 31.2 Å². The van der Waals surface area contributed by atoms with Crippen LogP contribution in [0.15, 0.2) is 41.3 Å². The van der Waals surface area contributed by atoms with E-state index in [1.165, 1.54) is 10.4 Å². The molecule has 9 heteroatoms. The van der Waals surface area contributed by atoms with Crippen molar-refractivity contribution in [2.75, 3.05) is 23.7 Å². The molecule has 1 fully saturated rings. The summed E-state index contributed by atoms with van der Waals surface area (Å²) in [5, 5.41) is 5.68. The number of amides is 2. The number of fused-ring (bicyclic) bond motifs is 1. The first-order valence-electron chi connectivity index (χ1n) is 11.2. The van der Waals surface area contributed by atoms with Gasteiger partial charge in [0.25, 0.3) is 5.91 Å². The number of hydrogen-bond donors (Lipinski definition) is 2. The summed E-state index contributed by atoms with van der Waals surface area (Å²) in [6.07, 6.45) is 1.39. The van der Waals surface area contributed by atoms with Gasteiger partial charge in [0.2, 0.25) is 15.9 Å². The van der Waals surface area contributed by atoms with E-state index in [-0.39, 0.29) is 23.3 Å². The van der Waals surface area contributed by atoms with Crippen molar-refractivity contribution in [2.45, 2.75) is 51.0 Å². The fourth-order valence-electron chi connectivity index (χ4n) is 4.25. The molecule has 8 nitrogen and oxygen atoms in total. The van der Waals surface area contributed by atoms with Gasteiger partial charge in [-0.25, -0.2) is 8.42 Å². The summed E-state index contributed by atoms with van der Waals surface area (Å²) < 4.78 is 34.0. The Kier molecular flexibility index (Phi) is 6.45. The van der Waals surface area contributed by atoms with Crippen molar-refractivity contribution < 1.29 is 22.7 Å². The van der Waals surface area contributed by atoms with E-state index < -0.39 is 22.0 Å². The zero-order valence-electron chi connectivity index (χ0n) is 19.1. The van der Waals surface area contributed by atoms with Gasteiger partial charge in [0.15, 0.2) is 6.10 Å². The number of carbonyl (C=O) groups is 2. The highest BCUT2D eigenvalue weighted by molar-refractivity contribution is 7.89. The fourth-order valence-corrected chi connectivity index (χ4v) is 5.99. The second kappa shape index (κ2) is 9.15. The normalized spacial score (nSPS) is 21.0. The van der Waals surface area contributed by atoms with Crippen molar-refractivity contribution in [3.05, 3.63) is 47.5 Å². The fraction of sp³-hybridized carbons (Fsp3) is 0.417. The van der Waals surface area contributed by atoms with Gasteiger partial charge in [0.05, 0.1) is 16.5 Å². The number of anilines is 2.